The van der Waals surface area contributed by atoms with Crippen LogP contribution in [0.15, 0.2) is 24.4 Å². The number of alkyl halides is 3. The first-order valence-corrected chi connectivity index (χ1v) is 8.25. The van der Waals surface area contributed by atoms with Crippen LogP contribution in [0.5, 0.6) is 0 Å². The number of nitrogens with zero attached hydrogens (tertiary/aromatic N) is 2. The van der Waals surface area contributed by atoms with E-state index < -0.39 is 60.6 Å². The molecule has 6 N–H and O–H groups in total. The van der Waals surface area contributed by atoms with Crippen LogP contribution in [0.3, 0.4) is 0 Å². The SMILES string of the molecule is [2H]C([2H])([2H])c1ccc([C@](O)(CO)C(F)(F)F)cc1-c1cnc(N)c(C(=O)N[C@@H](C)CO)n1. The molecule has 0 aliphatic heterocycles. The molecular formula is C18H21F3N4O4. The van der Waals surface area contributed by atoms with Crippen LogP contribution in [-0.4, -0.2) is 56.6 Å². The average molecular weight is 417 g/mol. The maximum Gasteiger partial charge on any atom is 0.423 e. The Hall–Kier alpha value is -2.76. The summed E-state index contributed by atoms with van der Waals surface area (Å²) >= 11 is 0. The van der Waals surface area contributed by atoms with E-state index >= 15 is 0 Å². The van der Waals surface area contributed by atoms with Gasteiger partial charge in [0.15, 0.2) is 11.5 Å². The number of nitrogen functional groups attached to an aromatic ring is 1. The zero-order valence-corrected chi connectivity index (χ0v) is 15.2. The quantitative estimate of drug-likeness (QED) is 0.470. The summed E-state index contributed by atoms with van der Waals surface area (Å²) in [5, 5.41) is 30.7. The molecule has 0 fully saturated rings. The van der Waals surface area contributed by atoms with Crippen molar-refractivity contribution in [3.05, 3.63) is 41.2 Å². The number of carbonyl (C=O) groups excluding carboxylic acids is 1. The molecule has 1 heterocycles. The number of anilines is 1. The van der Waals surface area contributed by atoms with Gasteiger partial charge in [0.05, 0.1) is 25.1 Å². The maximum atomic E-state index is 13.4. The van der Waals surface area contributed by atoms with E-state index in [2.05, 4.69) is 15.3 Å². The number of benzene rings is 1. The molecule has 1 aromatic carbocycles. The Kier molecular flexibility index (Phi) is 5.24. The van der Waals surface area contributed by atoms with E-state index in [9.17, 15) is 28.2 Å². The second kappa shape index (κ2) is 8.31. The summed E-state index contributed by atoms with van der Waals surface area (Å²) in [4.78, 5) is 20.1. The van der Waals surface area contributed by atoms with Crippen molar-refractivity contribution in [3.63, 3.8) is 0 Å². The van der Waals surface area contributed by atoms with Crippen LogP contribution in [-0.2, 0) is 5.60 Å². The van der Waals surface area contributed by atoms with E-state index in [4.69, 9.17) is 15.0 Å². The average Bonchev–Trinajstić information content (AvgIpc) is 2.71. The summed E-state index contributed by atoms with van der Waals surface area (Å²) in [7, 11) is 0. The highest BCUT2D eigenvalue weighted by atomic mass is 19.4. The minimum Gasteiger partial charge on any atom is -0.394 e. The largest absolute Gasteiger partial charge is 0.423 e. The number of hydrogen-bond acceptors (Lipinski definition) is 7. The molecular weight excluding hydrogens is 393 g/mol. The van der Waals surface area contributed by atoms with Gasteiger partial charge in [-0.2, -0.15) is 13.2 Å². The lowest BCUT2D eigenvalue weighted by Gasteiger charge is -2.29. The molecule has 11 heteroatoms. The molecule has 2 aromatic rings. The fraction of sp³-hybridized carbons (Fsp3) is 0.389. The van der Waals surface area contributed by atoms with Gasteiger partial charge in [0.2, 0.25) is 5.60 Å². The number of aliphatic hydroxyl groups is 3. The lowest BCUT2D eigenvalue weighted by molar-refractivity contribution is -0.277. The van der Waals surface area contributed by atoms with Gasteiger partial charge in [-0.15, -0.1) is 0 Å². The predicted octanol–water partition coefficient (Wildman–Crippen LogP) is 0.887. The van der Waals surface area contributed by atoms with Crippen LogP contribution in [0.4, 0.5) is 19.0 Å². The van der Waals surface area contributed by atoms with Crippen molar-refractivity contribution in [1.29, 1.82) is 0 Å². The van der Waals surface area contributed by atoms with Gasteiger partial charge in [-0.25, -0.2) is 9.97 Å². The molecule has 0 unspecified atom stereocenters. The van der Waals surface area contributed by atoms with Crippen LogP contribution in [0, 0.1) is 6.85 Å². The first kappa shape index (κ1) is 18.3. The Bertz CT molecular complexity index is 1000. The van der Waals surface area contributed by atoms with E-state index in [0.717, 1.165) is 18.3 Å². The van der Waals surface area contributed by atoms with Crippen molar-refractivity contribution in [3.8, 4) is 11.3 Å². The highest BCUT2D eigenvalue weighted by Crippen LogP contribution is 2.40. The van der Waals surface area contributed by atoms with Crippen molar-refractivity contribution < 1.29 is 37.4 Å². The summed E-state index contributed by atoms with van der Waals surface area (Å²) in [6, 6.07) is 1.61. The van der Waals surface area contributed by atoms with Gasteiger partial charge in [-0.1, -0.05) is 12.1 Å². The second-order valence-corrected chi connectivity index (χ2v) is 6.32. The van der Waals surface area contributed by atoms with Crippen LogP contribution in [0.1, 0.15) is 32.7 Å². The van der Waals surface area contributed by atoms with Crippen LogP contribution < -0.4 is 11.1 Å². The zero-order valence-electron chi connectivity index (χ0n) is 18.2. The first-order valence-electron chi connectivity index (χ1n) is 9.75. The lowest BCUT2D eigenvalue weighted by atomic mass is 9.90. The fourth-order valence-corrected chi connectivity index (χ4v) is 2.39. The molecule has 0 saturated carbocycles. The fourth-order valence-electron chi connectivity index (χ4n) is 2.39. The monoisotopic (exact) mass is 417 g/mol. The van der Waals surface area contributed by atoms with Gasteiger partial charge in [0, 0.05) is 15.7 Å². The molecule has 0 aliphatic rings. The molecule has 1 amide bonds. The minimum absolute atomic E-state index is 0.309. The summed E-state index contributed by atoms with van der Waals surface area (Å²) in [5.41, 5.74) is -0.422. The number of carbonyl (C=O) groups is 1. The second-order valence-electron chi connectivity index (χ2n) is 6.32. The number of nitrogens with one attached hydrogen (secondary N) is 1. The van der Waals surface area contributed by atoms with Crippen molar-refractivity contribution >= 4 is 11.7 Å². The molecule has 158 valence electrons. The maximum absolute atomic E-state index is 13.4. The van der Waals surface area contributed by atoms with Gasteiger partial charge in [0.1, 0.15) is 0 Å². The Morgan fingerprint density at radius 2 is 2.07 bits per heavy atom. The molecule has 0 saturated heterocycles. The van der Waals surface area contributed by atoms with E-state index in [1.54, 1.807) is 0 Å². The number of aromatic nitrogens is 2. The van der Waals surface area contributed by atoms with Crippen LogP contribution in [0.25, 0.3) is 11.3 Å². The molecule has 0 bridgehead atoms. The van der Waals surface area contributed by atoms with Gasteiger partial charge >= 0.3 is 6.18 Å². The smallest absolute Gasteiger partial charge is 0.394 e. The molecule has 2 rings (SSSR count). The standard InChI is InChI=1S/C18H21F3N4O4/c1-9-3-4-11(17(29,8-27)18(19,20)21)5-12(9)13-6-23-15(22)14(25-13)16(28)24-10(2)7-26/h3-6,10,26-27,29H,7-8H2,1-2H3,(H2,22,23)(H,24,28)/t10-,17+/m0/s1/i1D3. The number of hydrogen-bond donors (Lipinski definition) is 5. The van der Waals surface area contributed by atoms with E-state index in [-0.39, 0.29) is 17.1 Å². The Balaban J connectivity index is 2.73. The number of aliphatic hydroxyl groups excluding tert-OH is 2. The normalized spacial score (nSPS) is 16.9. The number of halogens is 3. The molecule has 8 nitrogen and oxygen atoms in total. The number of nitrogens with two attached hydrogens (primary N) is 1. The molecule has 29 heavy (non-hydrogen) atoms. The first-order chi connectivity index (χ1) is 14.7. The van der Waals surface area contributed by atoms with Gasteiger partial charge in [0.25, 0.3) is 5.91 Å². The van der Waals surface area contributed by atoms with Crippen molar-refractivity contribution in [1.82, 2.24) is 15.3 Å². The molecule has 2 atom stereocenters. The van der Waals surface area contributed by atoms with E-state index in [0.29, 0.717) is 6.07 Å². The topological polar surface area (TPSA) is 142 Å². The number of aryl methyl sites for hydroxylation is 1. The Labute approximate surface area is 168 Å². The predicted molar refractivity (Wildman–Crippen MR) is 97.7 cm³/mol. The van der Waals surface area contributed by atoms with E-state index in [1.165, 1.54) is 6.92 Å². The molecule has 1 aromatic heterocycles. The molecule has 0 spiro atoms. The van der Waals surface area contributed by atoms with Gasteiger partial charge < -0.3 is 26.4 Å². The third kappa shape index (κ3) is 4.47. The lowest BCUT2D eigenvalue weighted by Crippen LogP contribution is -2.45. The molecule has 0 radical (unpaired) electrons. The Morgan fingerprint density at radius 1 is 1.38 bits per heavy atom. The highest BCUT2D eigenvalue weighted by Gasteiger charge is 2.54. The number of amides is 1. The van der Waals surface area contributed by atoms with Crippen molar-refractivity contribution in [2.24, 2.45) is 0 Å². The third-order valence-electron chi connectivity index (χ3n) is 4.14. The third-order valence-corrected chi connectivity index (χ3v) is 4.14. The number of rotatable bonds is 6. The molecule has 0 aliphatic carbocycles. The summed E-state index contributed by atoms with van der Waals surface area (Å²) < 4.78 is 63.2. The summed E-state index contributed by atoms with van der Waals surface area (Å²) in [6.07, 6.45) is -4.32. The van der Waals surface area contributed by atoms with Gasteiger partial charge in [-0.05, 0) is 31.0 Å². The van der Waals surface area contributed by atoms with Crippen LogP contribution in [0.2, 0.25) is 0 Å². The highest BCUT2D eigenvalue weighted by molar-refractivity contribution is 5.97. The van der Waals surface area contributed by atoms with Gasteiger partial charge in [-0.3, -0.25) is 4.79 Å². The van der Waals surface area contributed by atoms with Crippen molar-refractivity contribution in [2.45, 2.75) is 31.6 Å². The summed E-state index contributed by atoms with van der Waals surface area (Å²) in [5.74, 6) is -1.20. The zero-order chi connectivity index (χ0) is 24.5. The minimum atomic E-state index is -5.28. The van der Waals surface area contributed by atoms with E-state index in [1.807, 2.05) is 0 Å². The summed E-state index contributed by atoms with van der Waals surface area (Å²) in [6.45, 7) is -3.45. The Morgan fingerprint density at radius 3 is 2.62 bits per heavy atom. The van der Waals surface area contributed by atoms with Crippen molar-refractivity contribution in [2.75, 3.05) is 18.9 Å². The van der Waals surface area contributed by atoms with Crippen LogP contribution >= 0.6 is 0 Å².